The van der Waals surface area contributed by atoms with E-state index in [-0.39, 0.29) is 18.7 Å². The van der Waals surface area contributed by atoms with E-state index in [1.54, 1.807) is 22.7 Å². The highest BCUT2D eigenvalue weighted by Crippen LogP contribution is 2.30. The summed E-state index contributed by atoms with van der Waals surface area (Å²) in [7, 11) is 0.0998. The molecule has 2 aliphatic carbocycles. The molecule has 2 rings (SSSR count). The van der Waals surface area contributed by atoms with E-state index in [1.165, 1.54) is 6.42 Å². The van der Waals surface area contributed by atoms with Crippen LogP contribution in [0.5, 0.6) is 0 Å². The van der Waals surface area contributed by atoms with Crippen LogP contribution in [0, 0.1) is 5.92 Å². The number of nitrogens with zero attached hydrogens (tertiary/aromatic N) is 2. The van der Waals surface area contributed by atoms with Crippen LogP contribution in [-0.2, 0) is 10.2 Å². The Kier molecular flexibility index (Phi) is 6.05. The van der Waals surface area contributed by atoms with Gasteiger partial charge in [-0.2, -0.15) is 17.0 Å². The number of rotatable bonds is 5. The molecule has 0 aromatic heterocycles. The molecule has 0 saturated heterocycles. The van der Waals surface area contributed by atoms with Crippen LogP contribution in [0.4, 0.5) is 0 Å². The number of hydrogen-bond donors (Lipinski definition) is 1. The molecular formula is C15H30N2O3S. The smallest absolute Gasteiger partial charge is 0.281 e. The first-order chi connectivity index (χ1) is 9.96. The Bertz CT molecular complexity index is 413. The van der Waals surface area contributed by atoms with Crippen molar-refractivity contribution >= 4 is 10.2 Å². The van der Waals surface area contributed by atoms with Gasteiger partial charge in [-0.3, -0.25) is 0 Å². The Hall–Kier alpha value is -0.170. The van der Waals surface area contributed by atoms with Gasteiger partial charge in [0.15, 0.2) is 0 Å². The molecule has 0 spiro atoms. The minimum atomic E-state index is -3.36. The van der Waals surface area contributed by atoms with Crippen LogP contribution in [-0.4, -0.2) is 54.9 Å². The lowest BCUT2D eigenvalue weighted by Crippen LogP contribution is -2.49. The van der Waals surface area contributed by atoms with Crippen molar-refractivity contribution in [3.8, 4) is 0 Å². The lowest BCUT2D eigenvalue weighted by molar-refractivity contribution is 0.155. The summed E-state index contributed by atoms with van der Waals surface area (Å²) in [6.07, 6.45) is 9.04. The summed E-state index contributed by atoms with van der Waals surface area (Å²) in [4.78, 5) is 0. The van der Waals surface area contributed by atoms with Crippen LogP contribution in [0.15, 0.2) is 0 Å². The Labute approximate surface area is 129 Å². The minimum Gasteiger partial charge on any atom is -0.396 e. The second-order valence-electron chi connectivity index (χ2n) is 6.69. The fourth-order valence-corrected chi connectivity index (χ4v) is 5.30. The van der Waals surface area contributed by atoms with E-state index in [4.69, 9.17) is 0 Å². The Morgan fingerprint density at radius 2 is 1.33 bits per heavy atom. The summed E-state index contributed by atoms with van der Waals surface area (Å²) >= 11 is 0. The molecule has 2 aliphatic rings. The highest BCUT2D eigenvalue weighted by Gasteiger charge is 2.35. The Balaban J connectivity index is 1.97. The van der Waals surface area contributed by atoms with Gasteiger partial charge in [-0.05, 0) is 44.4 Å². The quantitative estimate of drug-likeness (QED) is 0.843. The van der Waals surface area contributed by atoms with Crippen LogP contribution >= 0.6 is 0 Å². The van der Waals surface area contributed by atoms with E-state index < -0.39 is 10.2 Å². The predicted octanol–water partition coefficient (Wildman–Crippen LogP) is 1.98. The van der Waals surface area contributed by atoms with E-state index in [2.05, 4.69) is 0 Å². The number of aliphatic hydroxyl groups is 1. The van der Waals surface area contributed by atoms with Crippen molar-refractivity contribution in [1.82, 2.24) is 8.61 Å². The third kappa shape index (κ3) is 3.97. The van der Waals surface area contributed by atoms with E-state index in [0.29, 0.717) is 5.92 Å². The molecule has 1 N–H and O–H groups in total. The van der Waals surface area contributed by atoms with Gasteiger partial charge in [-0.25, -0.2) is 0 Å². The van der Waals surface area contributed by atoms with E-state index in [9.17, 15) is 13.5 Å². The summed E-state index contributed by atoms with van der Waals surface area (Å²) in [5.41, 5.74) is 0. The summed E-state index contributed by atoms with van der Waals surface area (Å²) in [5, 5.41) is 9.19. The molecule has 0 aromatic rings. The lowest BCUT2D eigenvalue weighted by Gasteiger charge is -2.38. The molecule has 0 unspecified atom stereocenters. The molecule has 124 valence electrons. The number of aliphatic hydroxyl groups excluding tert-OH is 1. The molecule has 6 heteroatoms. The van der Waals surface area contributed by atoms with Crippen molar-refractivity contribution in [3.05, 3.63) is 0 Å². The third-order valence-corrected chi connectivity index (χ3v) is 7.46. The average Bonchev–Trinajstić information content (AvgIpc) is 2.54. The summed E-state index contributed by atoms with van der Waals surface area (Å²) < 4.78 is 28.7. The first kappa shape index (κ1) is 17.2. The molecule has 0 bridgehead atoms. The van der Waals surface area contributed by atoms with Crippen LogP contribution in [0.1, 0.15) is 57.8 Å². The van der Waals surface area contributed by atoms with E-state index in [1.807, 2.05) is 0 Å². The molecule has 5 nitrogen and oxygen atoms in total. The zero-order chi connectivity index (χ0) is 15.5. The second-order valence-corrected chi connectivity index (χ2v) is 8.74. The van der Waals surface area contributed by atoms with E-state index in [0.717, 1.165) is 51.4 Å². The molecule has 0 radical (unpaired) electrons. The molecule has 0 atom stereocenters. The molecule has 2 saturated carbocycles. The Morgan fingerprint density at radius 1 is 0.857 bits per heavy atom. The van der Waals surface area contributed by atoms with Crippen molar-refractivity contribution in [1.29, 1.82) is 0 Å². The normalized spacial score (nSPS) is 29.2. The SMILES string of the molecule is CN(C1CCCCC1)S(=O)(=O)N(C)C1CCC(CO)CC1. The maximum absolute atomic E-state index is 12.8. The average molecular weight is 318 g/mol. The second kappa shape index (κ2) is 7.40. The van der Waals surface area contributed by atoms with Crippen LogP contribution in [0.3, 0.4) is 0 Å². The van der Waals surface area contributed by atoms with E-state index >= 15 is 0 Å². The molecular weight excluding hydrogens is 288 g/mol. The van der Waals surface area contributed by atoms with Crippen molar-refractivity contribution in [2.75, 3.05) is 20.7 Å². The molecule has 0 aliphatic heterocycles. The summed E-state index contributed by atoms with van der Waals surface area (Å²) in [5.74, 6) is 0.355. The van der Waals surface area contributed by atoms with Gasteiger partial charge in [-0.1, -0.05) is 19.3 Å². The van der Waals surface area contributed by atoms with Crippen molar-refractivity contribution < 1.29 is 13.5 Å². The van der Waals surface area contributed by atoms with Gasteiger partial charge in [0.05, 0.1) is 0 Å². The van der Waals surface area contributed by atoms with Gasteiger partial charge in [-0.15, -0.1) is 0 Å². The topological polar surface area (TPSA) is 60.9 Å². The zero-order valence-electron chi connectivity index (χ0n) is 13.4. The minimum absolute atomic E-state index is 0.0869. The summed E-state index contributed by atoms with van der Waals surface area (Å²) in [6.45, 7) is 0.227. The van der Waals surface area contributed by atoms with Crippen LogP contribution < -0.4 is 0 Å². The monoisotopic (exact) mass is 318 g/mol. The van der Waals surface area contributed by atoms with Gasteiger partial charge >= 0.3 is 0 Å². The van der Waals surface area contributed by atoms with Crippen LogP contribution in [0.25, 0.3) is 0 Å². The van der Waals surface area contributed by atoms with Gasteiger partial charge in [0.25, 0.3) is 10.2 Å². The van der Waals surface area contributed by atoms with Crippen molar-refractivity contribution in [2.24, 2.45) is 5.92 Å². The first-order valence-electron chi connectivity index (χ1n) is 8.28. The molecule has 0 heterocycles. The molecule has 2 fully saturated rings. The van der Waals surface area contributed by atoms with Gasteiger partial charge in [0.2, 0.25) is 0 Å². The fraction of sp³-hybridized carbons (Fsp3) is 1.00. The lowest BCUT2D eigenvalue weighted by atomic mass is 9.87. The maximum atomic E-state index is 12.8. The number of hydrogen-bond acceptors (Lipinski definition) is 3. The highest BCUT2D eigenvalue weighted by atomic mass is 32.2. The summed E-state index contributed by atoms with van der Waals surface area (Å²) in [6, 6.07) is 0.254. The fourth-order valence-electron chi connectivity index (χ4n) is 3.72. The molecule has 0 aromatic carbocycles. The van der Waals surface area contributed by atoms with Gasteiger partial charge in [0, 0.05) is 32.8 Å². The van der Waals surface area contributed by atoms with Crippen molar-refractivity contribution in [3.63, 3.8) is 0 Å². The van der Waals surface area contributed by atoms with Gasteiger partial charge in [0.1, 0.15) is 0 Å². The largest absolute Gasteiger partial charge is 0.396 e. The highest BCUT2D eigenvalue weighted by molar-refractivity contribution is 7.86. The van der Waals surface area contributed by atoms with Gasteiger partial charge < -0.3 is 5.11 Å². The Morgan fingerprint density at radius 3 is 1.81 bits per heavy atom. The first-order valence-corrected chi connectivity index (χ1v) is 9.68. The standard InChI is InChI=1S/C15H30N2O3S/c1-16(14-6-4-3-5-7-14)21(19,20)17(2)15-10-8-13(12-18)9-11-15/h13-15,18H,3-12H2,1-2H3. The molecule has 0 amide bonds. The van der Waals surface area contributed by atoms with Crippen LogP contribution in [0.2, 0.25) is 0 Å². The zero-order valence-corrected chi connectivity index (χ0v) is 14.2. The molecule has 21 heavy (non-hydrogen) atoms. The third-order valence-electron chi connectivity index (χ3n) is 5.41. The predicted molar refractivity (Wildman–Crippen MR) is 84.2 cm³/mol. The van der Waals surface area contributed by atoms with Crippen molar-refractivity contribution in [2.45, 2.75) is 69.9 Å². The maximum Gasteiger partial charge on any atom is 0.281 e.